The number of benzene rings is 2. The van der Waals surface area contributed by atoms with Gasteiger partial charge in [0.25, 0.3) is 0 Å². The van der Waals surface area contributed by atoms with Crippen LogP contribution < -0.4 is 9.64 Å². The Balaban J connectivity index is 1.83. The molecule has 4 rings (SSSR count). The average Bonchev–Trinajstić information content (AvgIpc) is 3.14. The van der Waals surface area contributed by atoms with Crippen LogP contribution >= 0.6 is 0 Å². The highest BCUT2D eigenvalue weighted by molar-refractivity contribution is 6.09. The number of carbonyl (C=O) groups is 1. The zero-order chi connectivity index (χ0) is 18.5. The van der Waals surface area contributed by atoms with Crippen LogP contribution in [-0.2, 0) is 10.2 Å². The van der Waals surface area contributed by atoms with E-state index in [4.69, 9.17) is 9.72 Å². The Kier molecular flexibility index (Phi) is 3.61. The summed E-state index contributed by atoms with van der Waals surface area (Å²) in [5.41, 5.74) is 4.13. The molecular formula is C21H21N3O2. The van der Waals surface area contributed by atoms with Gasteiger partial charge in [-0.05, 0) is 55.8 Å². The van der Waals surface area contributed by atoms with E-state index in [9.17, 15) is 4.79 Å². The van der Waals surface area contributed by atoms with Gasteiger partial charge >= 0.3 is 0 Å². The first-order valence-electron chi connectivity index (χ1n) is 8.57. The minimum absolute atomic E-state index is 0.0930. The lowest BCUT2D eigenvalue weighted by Gasteiger charge is -2.18. The van der Waals surface area contributed by atoms with Gasteiger partial charge in [0.15, 0.2) is 0 Å². The number of hydrogen-bond donors (Lipinski definition) is 1. The molecule has 0 saturated heterocycles. The van der Waals surface area contributed by atoms with Gasteiger partial charge in [0.1, 0.15) is 11.6 Å². The number of fused-ring (bicyclic) bond motifs is 2. The summed E-state index contributed by atoms with van der Waals surface area (Å²) in [4.78, 5) is 22.6. The summed E-state index contributed by atoms with van der Waals surface area (Å²) in [6.45, 7) is 8.19. The van der Waals surface area contributed by atoms with Gasteiger partial charge in [-0.3, -0.25) is 4.79 Å². The van der Waals surface area contributed by atoms with Crippen molar-refractivity contribution in [3.63, 3.8) is 0 Å². The van der Waals surface area contributed by atoms with Crippen LogP contribution in [0.2, 0.25) is 0 Å². The molecule has 2 heterocycles. The number of rotatable bonds is 4. The highest BCUT2D eigenvalue weighted by Gasteiger charge is 2.43. The Morgan fingerprint density at radius 1 is 1.27 bits per heavy atom. The van der Waals surface area contributed by atoms with E-state index in [0.717, 1.165) is 39.4 Å². The first-order valence-corrected chi connectivity index (χ1v) is 8.57. The summed E-state index contributed by atoms with van der Waals surface area (Å²) in [5.74, 6) is 1.70. The van der Waals surface area contributed by atoms with Crippen molar-refractivity contribution in [1.82, 2.24) is 9.97 Å². The van der Waals surface area contributed by atoms with Crippen LogP contribution in [0.3, 0.4) is 0 Å². The summed E-state index contributed by atoms with van der Waals surface area (Å²) in [5, 5.41) is 0. The molecule has 0 spiro atoms. The quantitative estimate of drug-likeness (QED) is 0.725. The Morgan fingerprint density at radius 2 is 2.00 bits per heavy atom. The molecule has 0 bridgehead atoms. The molecule has 1 aromatic heterocycles. The summed E-state index contributed by atoms with van der Waals surface area (Å²) in [6.07, 6.45) is 1.75. The second-order valence-corrected chi connectivity index (χ2v) is 7.03. The van der Waals surface area contributed by atoms with Crippen molar-refractivity contribution >= 4 is 22.6 Å². The van der Waals surface area contributed by atoms with Crippen LogP contribution in [0.25, 0.3) is 22.4 Å². The second kappa shape index (κ2) is 5.73. The van der Waals surface area contributed by atoms with Crippen molar-refractivity contribution in [3.8, 4) is 17.1 Å². The standard InChI is InChI=1S/C21H21N3O2/c1-5-10-24-18-12-17-16(11-15(18)21(2,3)20(24)25)22-19(23-17)13-6-8-14(26-4)9-7-13/h5-9,11-12H,1,10H2,2-4H3,(H,22,23). The molecule has 0 unspecified atom stereocenters. The third-order valence-electron chi connectivity index (χ3n) is 5.02. The van der Waals surface area contributed by atoms with Gasteiger partial charge in [-0.1, -0.05) is 6.08 Å². The topological polar surface area (TPSA) is 58.2 Å². The monoisotopic (exact) mass is 347 g/mol. The summed E-state index contributed by atoms with van der Waals surface area (Å²) >= 11 is 0. The second-order valence-electron chi connectivity index (χ2n) is 7.03. The van der Waals surface area contributed by atoms with Gasteiger partial charge in [-0.25, -0.2) is 4.98 Å². The van der Waals surface area contributed by atoms with Crippen molar-refractivity contribution in [1.29, 1.82) is 0 Å². The maximum Gasteiger partial charge on any atom is 0.237 e. The fraction of sp³-hybridized carbons (Fsp3) is 0.238. The predicted octanol–water partition coefficient (Wildman–Crippen LogP) is 4.05. The smallest absolute Gasteiger partial charge is 0.237 e. The van der Waals surface area contributed by atoms with E-state index in [-0.39, 0.29) is 5.91 Å². The third-order valence-corrected chi connectivity index (χ3v) is 5.02. The number of anilines is 1. The molecule has 0 saturated carbocycles. The lowest BCUT2D eigenvalue weighted by atomic mass is 9.86. The van der Waals surface area contributed by atoms with Crippen LogP contribution in [0.15, 0.2) is 49.1 Å². The maximum atomic E-state index is 12.8. The minimum atomic E-state index is -0.558. The number of methoxy groups -OCH3 is 1. The zero-order valence-electron chi connectivity index (χ0n) is 15.2. The van der Waals surface area contributed by atoms with E-state index in [1.54, 1.807) is 18.1 Å². The molecule has 5 heteroatoms. The molecule has 0 atom stereocenters. The van der Waals surface area contributed by atoms with Crippen molar-refractivity contribution in [3.05, 3.63) is 54.6 Å². The van der Waals surface area contributed by atoms with Crippen LogP contribution in [0.5, 0.6) is 5.75 Å². The number of aromatic amines is 1. The number of carbonyl (C=O) groups excluding carboxylic acids is 1. The largest absolute Gasteiger partial charge is 0.497 e. The number of aromatic nitrogens is 2. The number of H-pyrrole nitrogens is 1. The van der Waals surface area contributed by atoms with Gasteiger partial charge in [0.2, 0.25) is 5.91 Å². The normalized spacial score (nSPS) is 15.3. The molecule has 0 radical (unpaired) electrons. The van der Waals surface area contributed by atoms with Crippen molar-refractivity contribution < 1.29 is 9.53 Å². The fourth-order valence-corrected chi connectivity index (χ4v) is 3.53. The van der Waals surface area contributed by atoms with E-state index < -0.39 is 5.41 Å². The number of nitrogens with zero attached hydrogens (tertiary/aromatic N) is 2. The van der Waals surface area contributed by atoms with E-state index >= 15 is 0 Å². The van der Waals surface area contributed by atoms with Crippen molar-refractivity contribution in [2.75, 3.05) is 18.6 Å². The number of ether oxygens (including phenoxy) is 1. The summed E-state index contributed by atoms with van der Waals surface area (Å²) < 4.78 is 5.21. The molecule has 5 nitrogen and oxygen atoms in total. The Hall–Kier alpha value is -3.08. The number of hydrogen-bond acceptors (Lipinski definition) is 3. The van der Waals surface area contributed by atoms with Crippen LogP contribution in [0.4, 0.5) is 5.69 Å². The van der Waals surface area contributed by atoms with E-state index in [1.165, 1.54) is 0 Å². The van der Waals surface area contributed by atoms with Crippen molar-refractivity contribution in [2.24, 2.45) is 0 Å². The first kappa shape index (κ1) is 16.4. The highest BCUT2D eigenvalue weighted by atomic mass is 16.5. The molecule has 0 fully saturated rings. The molecule has 1 aliphatic rings. The average molecular weight is 347 g/mol. The predicted molar refractivity (Wildman–Crippen MR) is 104 cm³/mol. The third kappa shape index (κ3) is 2.31. The SMILES string of the molecule is C=CCN1C(=O)C(C)(C)c2cc3[nH]c(-c4ccc(OC)cc4)nc3cc21. The molecule has 2 aromatic carbocycles. The molecule has 3 aromatic rings. The Morgan fingerprint density at radius 3 is 2.65 bits per heavy atom. The molecule has 1 N–H and O–H groups in total. The minimum Gasteiger partial charge on any atom is -0.497 e. The van der Waals surface area contributed by atoms with E-state index in [2.05, 4.69) is 11.6 Å². The van der Waals surface area contributed by atoms with Gasteiger partial charge in [0, 0.05) is 12.1 Å². The van der Waals surface area contributed by atoms with Crippen LogP contribution in [0, 0.1) is 0 Å². The first-order chi connectivity index (χ1) is 12.5. The lowest BCUT2D eigenvalue weighted by molar-refractivity contribution is -0.121. The Labute approximate surface area is 152 Å². The summed E-state index contributed by atoms with van der Waals surface area (Å²) in [6, 6.07) is 11.8. The van der Waals surface area contributed by atoms with Crippen molar-refractivity contribution in [2.45, 2.75) is 19.3 Å². The molecule has 26 heavy (non-hydrogen) atoms. The molecular weight excluding hydrogens is 326 g/mol. The molecule has 132 valence electrons. The van der Waals surface area contributed by atoms with Gasteiger partial charge < -0.3 is 14.6 Å². The molecule has 1 amide bonds. The van der Waals surface area contributed by atoms with Crippen LogP contribution in [-0.4, -0.2) is 29.5 Å². The van der Waals surface area contributed by atoms with Gasteiger partial charge in [0.05, 0.1) is 29.2 Å². The number of nitrogens with one attached hydrogen (secondary N) is 1. The number of amides is 1. The van der Waals surface area contributed by atoms with Crippen LogP contribution in [0.1, 0.15) is 19.4 Å². The maximum absolute atomic E-state index is 12.8. The van der Waals surface area contributed by atoms with E-state index in [0.29, 0.717) is 6.54 Å². The summed E-state index contributed by atoms with van der Waals surface area (Å²) in [7, 11) is 1.65. The molecule has 0 aliphatic carbocycles. The Bertz CT molecular complexity index is 1020. The highest BCUT2D eigenvalue weighted by Crippen LogP contribution is 2.43. The molecule has 1 aliphatic heterocycles. The fourth-order valence-electron chi connectivity index (χ4n) is 3.53. The zero-order valence-corrected chi connectivity index (χ0v) is 15.2. The van der Waals surface area contributed by atoms with Gasteiger partial charge in [-0.2, -0.15) is 0 Å². The lowest BCUT2D eigenvalue weighted by Crippen LogP contribution is -2.36. The number of imidazole rings is 1. The van der Waals surface area contributed by atoms with Gasteiger partial charge in [-0.15, -0.1) is 6.58 Å². The van der Waals surface area contributed by atoms with E-state index in [1.807, 2.05) is 50.2 Å².